The van der Waals surface area contributed by atoms with Crippen molar-refractivity contribution in [3.63, 3.8) is 0 Å². The van der Waals surface area contributed by atoms with Crippen molar-refractivity contribution >= 4 is 10.9 Å². The van der Waals surface area contributed by atoms with Crippen molar-refractivity contribution in [3.05, 3.63) is 113 Å². The Hall–Kier alpha value is -3.15. The maximum absolute atomic E-state index is 15.0. The number of hydrogen-bond donors (Lipinski definition) is 0. The van der Waals surface area contributed by atoms with Crippen LogP contribution in [0.2, 0.25) is 0 Å². The van der Waals surface area contributed by atoms with Crippen LogP contribution in [0.1, 0.15) is 58.5 Å². The number of nitrogens with zero attached hydrogens (tertiary/aromatic N) is 3. The van der Waals surface area contributed by atoms with E-state index in [2.05, 4.69) is 51.2 Å². The fourth-order valence-electron chi connectivity index (χ4n) is 7.03. The highest BCUT2D eigenvalue weighted by Gasteiger charge is 2.71. The lowest BCUT2D eigenvalue weighted by Crippen LogP contribution is -2.48. The van der Waals surface area contributed by atoms with Gasteiger partial charge in [0.1, 0.15) is 0 Å². The molecule has 2 aliphatic carbocycles. The van der Waals surface area contributed by atoms with Gasteiger partial charge in [-0.15, -0.1) is 0 Å². The molecule has 3 nitrogen and oxygen atoms in total. The van der Waals surface area contributed by atoms with Crippen LogP contribution in [0.25, 0.3) is 10.9 Å². The molecule has 2 fully saturated rings. The molecule has 0 N–H and O–H groups in total. The van der Waals surface area contributed by atoms with Gasteiger partial charge in [-0.2, -0.15) is 0 Å². The van der Waals surface area contributed by atoms with Crippen LogP contribution in [0.15, 0.2) is 85.1 Å². The van der Waals surface area contributed by atoms with Crippen LogP contribution in [-0.4, -0.2) is 53.4 Å². The molecule has 1 aliphatic heterocycles. The minimum absolute atomic E-state index is 0.0492. The van der Waals surface area contributed by atoms with Gasteiger partial charge in [0.25, 0.3) is 5.92 Å². The van der Waals surface area contributed by atoms with E-state index in [9.17, 15) is 8.78 Å². The van der Waals surface area contributed by atoms with Crippen LogP contribution in [0.3, 0.4) is 0 Å². The zero-order valence-electron chi connectivity index (χ0n) is 21.6. The summed E-state index contributed by atoms with van der Waals surface area (Å²) in [5, 5.41) is 1.27. The van der Waals surface area contributed by atoms with E-state index in [0.717, 1.165) is 73.3 Å². The van der Waals surface area contributed by atoms with Crippen molar-refractivity contribution in [2.45, 2.75) is 43.1 Å². The summed E-state index contributed by atoms with van der Waals surface area (Å²) in [7, 11) is 0. The quantitative estimate of drug-likeness (QED) is 0.267. The topological polar surface area (TPSA) is 19.4 Å². The summed E-state index contributed by atoms with van der Waals surface area (Å²) in [6.07, 6.45) is 5.26. The first-order valence-electron chi connectivity index (χ1n) is 14.0. The van der Waals surface area contributed by atoms with Gasteiger partial charge in [-0.3, -0.25) is 9.88 Å². The second kappa shape index (κ2) is 9.55. The molecule has 3 aromatic carbocycles. The largest absolute Gasteiger partial charge is 0.301 e. The molecule has 5 heteroatoms. The first-order valence-corrected chi connectivity index (χ1v) is 14.0. The minimum atomic E-state index is -2.65. The molecule has 1 saturated heterocycles. The van der Waals surface area contributed by atoms with Gasteiger partial charge in [-0.1, -0.05) is 66.7 Å². The van der Waals surface area contributed by atoms with Gasteiger partial charge in [0.05, 0.1) is 23.4 Å². The molecule has 1 saturated carbocycles. The standard InChI is InChI=1S/C33H33F2N3/c34-33(35)30-25-11-1-3-13-27(25)32(28-14-4-2-12-26(28)31(30)33)38-21-19-37(20-22-38)18-6-5-9-23-10-7-16-29-24(23)15-8-17-36-29/h1-4,7-8,10-17,30-32H,5-6,9,18-22H2/t30-,31+,32?. The molecule has 0 amide bonds. The number of aromatic nitrogens is 1. The van der Waals surface area contributed by atoms with Crippen molar-refractivity contribution < 1.29 is 8.78 Å². The lowest BCUT2D eigenvalue weighted by Gasteiger charge is -2.40. The molecule has 3 atom stereocenters. The van der Waals surface area contributed by atoms with E-state index in [4.69, 9.17) is 0 Å². The monoisotopic (exact) mass is 509 g/mol. The van der Waals surface area contributed by atoms with E-state index in [-0.39, 0.29) is 6.04 Å². The van der Waals surface area contributed by atoms with Crippen molar-refractivity contribution in [1.82, 2.24) is 14.8 Å². The number of halogens is 2. The summed E-state index contributed by atoms with van der Waals surface area (Å²) in [5.74, 6) is -4.04. The Balaban J connectivity index is 1.02. The SMILES string of the molecule is FC1(F)[C@@H]2c3ccccc3C(N3CCN(CCCCc4cccc5ncccc45)CC3)c3ccccc3[C@@H]21. The second-order valence-corrected chi connectivity index (χ2v) is 11.1. The van der Waals surface area contributed by atoms with Gasteiger partial charge >= 0.3 is 0 Å². The van der Waals surface area contributed by atoms with Gasteiger partial charge in [-0.05, 0) is 65.8 Å². The van der Waals surface area contributed by atoms with E-state index >= 15 is 0 Å². The predicted octanol–water partition coefficient (Wildman–Crippen LogP) is 6.79. The van der Waals surface area contributed by atoms with Gasteiger partial charge in [0.2, 0.25) is 0 Å². The summed E-state index contributed by atoms with van der Waals surface area (Å²) in [5.41, 5.74) is 6.29. The number of unbranched alkanes of at least 4 members (excludes halogenated alkanes) is 1. The number of benzene rings is 3. The number of fused-ring (bicyclic) bond motifs is 6. The number of hydrogen-bond acceptors (Lipinski definition) is 3. The van der Waals surface area contributed by atoms with Crippen molar-refractivity contribution in [3.8, 4) is 0 Å². The van der Waals surface area contributed by atoms with Crippen molar-refractivity contribution in [2.75, 3.05) is 32.7 Å². The van der Waals surface area contributed by atoms with E-state index in [1.807, 2.05) is 48.7 Å². The summed E-state index contributed by atoms with van der Waals surface area (Å²) in [4.78, 5) is 9.59. The Labute approximate surface area is 223 Å². The summed E-state index contributed by atoms with van der Waals surface area (Å²) >= 11 is 0. The molecule has 2 heterocycles. The maximum atomic E-state index is 15.0. The van der Waals surface area contributed by atoms with Gasteiger partial charge in [-0.25, -0.2) is 8.78 Å². The highest BCUT2D eigenvalue weighted by Crippen LogP contribution is 2.70. The molecule has 194 valence electrons. The highest BCUT2D eigenvalue weighted by molar-refractivity contribution is 5.81. The lowest BCUT2D eigenvalue weighted by molar-refractivity contribution is 0.0970. The van der Waals surface area contributed by atoms with Crippen LogP contribution >= 0.6 is 0 Å². The molecule has 1 unspecified atom stereocenters. The van der Waals surface area contributed by atoms with Crippen LogP contribution in [0, 0.1) is 0 Å². The van der Waals surface area contributed by atoms with Gasteiger partial charge < -0.3 is 4.90 Å². The second-order valence-electron chi connectivity index (χ2n) is 11.1. The van der Waals surface area contributed by atoms with Gasteiger partial charge in [0, 0.05) is 37.8 Å². The van der Waals surface area contributed by atoms with Crippen LogP contribution in [0.5, 0.6) is 0 Å². The molecule has 0 bridgehead atoms. The first kappa shape index (κ1) is 23.9. The number of alkyl halides is 2. The van der Waals surface area contributed by atoms with Crippen LogP contribution in [0.4, 0.5) is 8.78 Å². The fourth-order valence-corrected chi connectivity index (χ4v) is 7.03. The van der Waals surface area contributed by atoms with E-state index < -0.39 is 17.8 Å². The Kier molecular flexibility index (Phi) is 6.01. The van der Waals surface area contributed by atoms with Crippen molar-refractivity contribution in [2.24, 2.45) is 0 Å². The van der Waals surface area contributed by atoms with E-state index in [1.165, 1.54) is 17.4 Å². The molecule has 38 heavy (non-hydrogen) atoms. The molecular formula is C33H33F2N3. The number of piperazine rings is 1. The molecule has 0 spiro atoms. The Morgan fingerprint density at radius 1 is 0.711 bits per heavy atom. The molecule has 4 aromatic rings. The number of pyridine rings is 1. The Morgan fingerprint density at radius 3 is 2.05 bits per heavy atom. The zero-order valence-corrected chi connectivity index (χ0v) is 21.6. The zero-order chi connectivity index (χ0) is 25.7. The number of rotatable bonds is 6. The third-order valence-electron chi connectivity index (χ3n) is 8.98. The maximum Gasteiger partial charge on any atom is 0.263 e. The Morgan fingerprint density at radius 2 is 1.37 bits per heavy atom. The predicted molar refractivity (Wildman–Crippen MR) is 148 cm³/mol. The van der Waals surface area contributed by atoms with Crippen LogP contribution < -0.4 is 0 Å². The average molecular weight is 510 g/mol. The Bertz CT molecular complexity index is 1400. The van der Waals surface area contributed by atoms with Crippen molar-refractivity contribution in [1.29, 1.82) is 0 Å². The normalized spacial score (nSPS) is 24.3. The smallest absolute Gasteiger partial charge is 0.263 e. The lowest BCUT2D eigenvalue weighted by atomic mass is 9.90. The number of aryl methyl sites for hydroxylation is 1. The van der Waals surface area contributed by atoms with E-state index in [0.29, 0.717) is 0 Å². The summed E-state index contributed by atoms with van der Waals surface area (Å²) < 4.78 is 29.9. The first-order chi connectivity index (χ1) is 18.6. The molecule has 3 aliphatic rings. The summed E-state index contributed by atoms with van der Waals surface area (Å²) in [6, 6.07) is 26.6. The van der Waals surface area contributed by atoms with Crippen LogP contribution in [-0.2, 0) is 6.42 Å². The molecule has 1 aromatic heterocycles. The highest BCUT2D eigenvalue weighted by atomic mass is 19.3. The average Bonchev–Trinajstić information content (AvgIpc) is 3.57. The molecular weight excluding hydrogens is 476 g/mol. The van der Waals surface area contributed by atoms with E-state index in [1.54, 1.807) is 0 Å². The minimum Gasteiger partial charge on any atom is -0.301 e. The fraction of sp³-hybridized carbons (Fsp3) is 0.364. The molecule has 7 rings (SSSR count). The third-order valence-corrected chi connectivity index (χ3v) is 8.98. The molecule has 0 radical (unpaired) electrons. The summed E-state index contributed by atoms with van der Waals surface area (Å²) in [6.45, 7) is 5.04. The van der Waals surface area contributed by atoms with Gasteiger partial charge in [0.15, 0.2) is 0 Å². The third kappa shape index (κ3) is 4.04.